The molecule has 0 radical (unpaired) electrons. The Hall–Kier alpha value is -1.39. The van der Waals surface area contributed by atoms with Crippen LogP contribution in [-0.2, 0) is 23.9 Å². The fourth-order valence-electron chi connectivity index (χ4n) is 3.33. The van der Waals surface area contributed by atoms with E-state index in [1.54, 1.807) is 0 Å². The van der Waals surface area contributed by atoms with Crippen molar-refractivity contribution in [2.45, 2.75) is 70.8 Å². The SMILES string of the molecule is CC(=O)OCCC1(C(=O)OC2CCCCC2)CCCC1=O. The highest BCUT2D eigenvalue weighted by atomic mass is 16.5. The highest BCUT2D eigenvalue weighted by Crippen LogP contribution is 2.40. The van der Waals surface area contributed by atoms with Crippen LogP contribution >= 0.6 is 0 Å². The van der Waals surface area contributed by atoms with E-state index in [2.05, 4.69) is 0 Å². The highest BCUT2D eigenvalue weighted by Gasteiger charge is 2.50. The van der Waals surface area contributed by atoms with E-state index < -0.39 is 17.4 Å². The highest BCUT2D eigenvalue weighted by molar-refractivity contribution is 6.05. The third kappa shape index (κ3) is 3.83. The standard InChI is InChI=1S/C16H24O5/c1-12(17)20-11-10-16(9-5-8-14(16)18)15(19)21-13-6-3-2-4-7-13/h13H,2-11H2,1H3. The monoisotopic (exact) mass is 296 g/mol. The lowest BCUT2D eigenvalue weighted by Crippen LogP contribution is -2.40. The van der Waals surface area contributed by atoms with Crippen LogP contribution < -0.4 is 0 Å². The third-order valence-electron chi connectivity index (χ3n) is 4.59. The smallest absolute Gasteiger partial charge is 0.320 e. The van der Waals surface area contributed by atoms with Gasteiger partial charge in [0.25, 0.3) is 0 Å². The second-order valence-corrected chi connectivity index (χ2v) is 6.11. The first-order chi connectivity index (χ1) is 10.0. The molecule has 1 unspecified atom stereocenters. The summed E-state index contributed by atoms with van der Waals surface area (Å²) in [6.45, 7) is 1.42. The number of carbonyl (C=O) groups is 3. The lowest BCUT2D eigenvalue weighted by Gasteiger charge is -2.29. The molecule has 0 heterocycles. The minimum atomic E-state index is -1.08. The van der Waals surface area contributed by atoms with E-state index in [4.69, 9.17) is 9.47 Å². The summed E-state index contributed by atoms with van der Waals surface area (Å²) in [7, 11) is 0. The maximum Gasteiger partial charge on any atom is 0.320 e. The molecule has 2 aliphatic carbocycles. The Balaban J connectivity index is 1.99. The molecule has 2 aliphatic rings. The van der Waals surface area contributed by atoms with Crippen LogP contribution in [0.4, 0.5) is 0 Å². The number of ketones is 1. The molecular weight excluding hydrogens is 272 g/mol. The van der Waals surface area contributed by atoms with Crippen molar-refractivity contribution < 1.29 is 23.9 Å². The van der Waals surface area contributed by atoms with Gasteiger partial charge < -0.3 is 9.47 Å². The van der Waals surface area contributed by atoms with Gasteiger partial charge in [0.1, 0.15) is 17.3 Å². The molecule has 0 aromatic carbocycles. The van der Waals surface area contributed by atoms with Crippen molar-refractivity contribution in [3.05, 3.63) is 0 Å². The topological polar surface area (TPSA) is 69.7 Å². The van der Waals surface area contributed by atoms with Gasteiger partial charge in [-0.05, 0) is 38.5 Å². The molecule has 0 saturated heterocycles. The minimum Gasteiger partial charge on any atom is -0.466 e. The number of hydrogen-bond acceptors (Lipinski definition) is 5. The third-order valence-corrected chi connectivity index (χ3v) is 4.59. The second kappa shape index (κ2) is 7.05. The van der Waals surface area contributed by atoms with Gasteiger partial charge in [-0.25, -0.2) is 0 Å². The van der Waals surface area contributed by atoms with E-state index in [0.29, 0.717) is 19.3 Å². The van der Waals surface area contributed by atoms with Crippen molar-refractivity contribution in [1.82, 2.24) is 0 Å². The lowest BCUT2D eigenvalue weighted by molar-refractivity contribution is -0.167. The average Bonchev–Trinajstić information content (AvgIpc) is 2.82. The number of ether oxygens (including phenoxy) is 2. The van der Waals surface area contributed by atoms with Crippen molar-refractivity contribution in [2.75, 3.05) is 6.61 Å². The van der Waals surface area contributed by atoms with E-state index in [0.717, 1.165) is 25.7 Å². The van der Waals surface area contributed by atoms with Crippen molar-refractivity contribution in [3.8, 4) is 0 Å². The normalized spacial score (nSPS) is 26.6. The zero-order valence-corrected chi connectivity index (χ0v) is 12.7. The average molecular weight is 296 g/mol. The van der Waals surface area contributed by atoms with Crippen LogP contribution in [0.1, 0.15) is 64.7 Å². The van der Waals surface area contributed by atoms with Gasteiger partial charge in [0.05, 0.1) is 6.61 Å². The lowest BCUT2D eigenvalue weighted by atomic mass is 9.82. The van der Waals surface area contributed by atoms with Crippen molar-refractivity contribution in [1.29, 1.82) is 0 Å². The summed E-state index contributed by atoms with van der Waals surface area (Å²) in [5.41, 5.74) is -1.08. The Morgan fingerprint density at radius 3 is 2.48 bits per heavy atom. The Labute approximate surface area is 125 Å². The summed E-state index contributed by atoms with van der Waals surface area (Å²) < 4.78 is 10.5. The molecule has 1 atom stereocenters. The Kier molecular flexibility index (Phi) is 5.37. The van der Waals surface area contributed by atoms with Gasteiger partial charge in [0, 0.05) is 19.8 Å². The summed E-state index contributed by atoms with van der Waals surface area (Å²) >= 11 is 0. The predicted octanol–water partition coefficient (Wildman–Crippen LogP) is 2.55. The first kappa shape index (κ1) is 16.0. The van der Waals surface area contributed by atoms with Crippen molar-refractivity contribution >= 4 is 17.7 Å². The molecule has 5 nitrogen and oxygen atoms in total. The van der Waals surface area contributed by atoms with E-state index >= 15 is 0 Å². The van der Waals surface area contributed by atoms with Crippen LogP contribution in [0.2, 0.25) is 0 Å². The summed E-state index contributed by atoms with van der Waals surface area (Å²) in [4.78, 5) is 35.6. The van der Waals surface area contributed by atoms with E-state index in [1.807, 2.05) is 0 Å². The van der Waals surface area contributed by atoms with E-state index in [-0.39, 0.29) is 24.9 Å². The molecule has 5 heteroatoms. The maximum atomic E-state index is 12.5. The van der Waals surface area contributed by atoms with Crippen molar-refractivity contribution in [3.63, 3.8) is 0 Å². The first-order valence-corrected chi connectivity index (χ1v) is 7.92. The molecule has 2 saturated carbocycles. The van der Waals surface area contributed by atoms with Crippen LogP contribution in [0, 0.1) is 5.41 Å². The summed E-state index contributed by atoms with van der Waals surface area (Å²) in [6, 6.07) is 0. The second-order valence-electron chi connectivity index (χ2n) is 6.11. The Morgan fingerprint density at radius 2 is 1.90 bits per heavy atom. The summed E-state index contributed by atoms with van der Waals surface area (Å²) in [6.07, 6.45) is 6.95. The fourth-order valence-corrected chi connectivity index (χ4v) is 3.33. The van der Waals surface area contributed by atoms with Crippen LogP contribution in [0.3, 0.4) is 0 Å². The first-order valence-electron chi connectivity index (χ1n) is 7.92. The summed E-state index contributed by atoms with van der Waals surface area (Å²) in [5, 5.41) is 0. The number of Topliss-reactive ketones (excluding diaryl/α,β-unsaturated/α-hetero) is 1. The molecule has 0 spiro atoms. The fraction of sp³-hybridized carbons (Fsp3) is 0.812. The molecule has 0 aromatic rings. The maximum absolute atomic E-state index is 12.5. The number of hydrogen-bond donors (Lipinski definition) is 0. The van der Waals surface area contributed by atoms with E-state index in [9.17, 15) is 14.4 Å². The minimum absolute atomic E-state index is 0.0507. The molecular formula is C16H24O5. The van der Waals surface area contributed by atoms with Gasteiger partial charge in [-0.1, -0.05) is 6.42 Å². The van der Waals surface area contributed by atoms with Crippen LogP contribution in [0.25, 0.3) is 0 Å². The van der Waals surface area contributed by atoms with Gasteiger partial charge in [-0.3, -0.25) is 14.4 Å². The number of esters is 2. The van der Waals surface area contributed by atoms with E-state index in [1.165, 1.54) is 13.3 Å². The molecule has 0 bridgehead atoms. The van der Waals surface area contributed by atoms with Gasteiger partial charge >= 0.3 is 11.9 Å². The van der Waals surface area contributed by atoms with Gasteiger partial charge in [-0.15, -0.1) is 0 Å². The summed E-state index contributed by atoms with van der Waals surface area (Å²) in [5.74, 6) is -0.851. The molecule has 2 fully saturated rings. The van der Waals surface area contributed by atoms with Crippen molar-refractivity contribution in [2.24, 2.45) is 5.41 Å². The molecule has 118 valence electrons. The van der Waals surface area contributed by atoms with Gasteiger partial charge in [-0.2, -0.15) is 0 Å². The Morgan fingerprint density at radius 1 is 1.19 bits per heavy atom. The zero-order chi connectivity index (χ0) is 15.3. The molecule has 0 N–H and O–H groups in total. The zero-order valence-electron chi connectivity index (χ0n) is 12.7. The quantitative estimate of drug-likeness (QED) is 0.576. The number of carbonyl (C=O) groups excluding carboxylic acids is 3. The predicted molar refractivity (Wildman–Crippen MR) is 75.5 cm³/mol. The Bertz CT molecular complexity index is 411. The van der Waals surface area contributed by atoms with Gasteiger partial charge in [0.2, 0.25) is 0 Å². The molecule has 2 rings (SSSR count). The molecule has 0 amide bonds. The molecule has 21 heavy (non-hydrogen) atoms. The van der Waals surface area contributed by atoms with Gasteiger partial charge in [0.15, 0.2) is 0 Å². The molecule has 0 aliphatic heterocycles. The van der Waals surface area contributed by atoms with Crippen LogP contribution in [0.5, 0.6) is 0 Å². The van der Waals surface area contributed by atoms with Crippen LogP contribution in [-0.4, -0.2) is 30.4 Å². The molecule has 0 aromatic heterocycles. The van der Waals surface area contributed by atoms with Crippen LogP contribution in [0.15, 0.2) is 0 Å². The largest absolute Gasteiger partial charge is 0.466 e. The number of rotatable bonds is 5.